The average molecular weight is 242 g/mol. The maximum absolute atomic E-state index is 12.6. The van der Waals surface area contributed by atoms with Gasteiger partial charge in [-0.15, -0.1) is 6.58 Å². The molecule has 0 aromatic heterocycles. The van der Waals surface area contributed by atoms with Gasteiger partial charge in [0.2, 0.25) is 0 Å². The fourth-order valence-corrected chi connectivity index (χ4v) is 2.84. The minimum atomic E-state index is -0.264. The van der Waals surface area contributed by atoms with Crippen molar-refractivity contribution in [1.82, 2.24) is 4.90 Å². The zero-order valence-corrected chi connectivity index (χ0v) is 10.6. The second-order valence-electron chi connectivity index (χ2n) is 5.30. The van der Waals surface area contributed by atoms with Crippen LogP contribution in [0.15, 0.2) is 36.9 Å². The third-order valence-electron chi connectivity index (χ3n) is 4.04. The van der Waals surface area contributed by atoms with E-state index in [1.165, 1.54) is 12.8 Å². The quantitative estimate of drug-likeness (QED) is 0.827. The van der Waals surface area contributed by atoms with Crippen molar-refractivity contribution >= 4 is 11.6 Å². The van der Waals surface area contributed by atoms with Crippen LogP contribution in [-0.2, 0) is 0 Å². The minimum absolute atomic E-state index is 0.110. The molecule has 1 aromatic carbocycles. The zero-order chi connectivity index (χ0) is 12.8. The van der Waals surface area contributed by atoms with Gasteiger partial charge < -0.3 is 10.2 Å². The first kappa shape index (κ1) is 11.3. The van der Waals surface area contributed by atoms with Crippen molar-refractivity contribution in [2.24, 2.45) is 5.92 Å². The van der Waals surface area contributed by atoms with Crippen LogP contribution in [0, 0.1) is 5.92 Å². The van der Waals surface area contributed by atoms with Crippen molar-refractivity contribution in [3.05, 3.63) is 42.5 Å². The van der Waals surface area contributed by atoms with E-state index >= 15 is 0 Å². The summed E-state index contributed by atoms with van der Waals surface area (Å²) < 4.78 is 0. The maximum Gasteiger partial charge on any atom is 0.258 e. The molecule has 1 aliphatic carbocycles. The van der Waals surface area contributed by atoms with Gasteiger partial charge >= 0.3 is 0 Å². The molecule has 0 spiro atoms. The number of carbonyl (C=O) groups excluding carboxylic acids is 1. The van der Waals surface area contributed by atoms with Gasteiger partial charge in [-0.1, -0.05) is 18.2 Å². The molecule has 1 fully saturated rings. The van der Waals surface area contributed by atoms with Crippen molar-refractivity contribution in [3.63, 3.8) is 0 Å². The maximum atomic E-state index is 12.6. The van der Waals surface area contributed by atoms with E-state index in [0.717, 1.165) is 11.3 Å². The molecule has 1 unspecified atom stereocenters. The molecule has 1 N–H and O–H groups in total. The van der Waals surface area contributed by atoms with E-state index in [-0.39, 0.29) is 11.6 Å². The van der Waals surface area contributed by atoms with E-state index in [1.54, 1.807) is 6.08 Å². The lowest BCUT2D eigenvalue weighted by molar-refractivity contribution is 0.0533. The van der Waals surface area contributed by atoms with Crippen LogP contribution in [0.2, 0.25) is 0 Å². The van der Waals surface area contributed by atoms with Crippen molar-refractivity contribution in [2.75, 3.05) is 11.9 Å². The Kier molecular flexibility index (Phi) is 2.44. The van der Waals surface area contributed by atoms with Gasteiger partial charge in [-0.05, 0) is 31.9 Å². The number of nitrogens with one attached hydrogen (secondary N) is 1. The second-order valence-corrected chi connectivity index (χ2v) is 5.30. The lowest BCUT2D eigenvalue weighted by Crippen LogP contribution is -2.59. The number of para-hydroxylation sites is 1. The van der Waals surface area contributed by atoms with Crippen LogP contribution in [0.5, 0.6) is 0 Å². The first-order valence-corrected chi connectivity index (χ1v) is 6.47. The normalized spacial score (nSPS) is 26.5. The summed E-state index contributed by atoms with van der Waals surface area (Å²) in [7, 11) is 0. The summed E-state index contributed by atoms with van der Waals surface area (Å²) in [5.74, 6) is 0.661. The van der Waals surface area contributed by atoms with E-state index < -0.39 is 0 Å². The summed E-state index contributed by atoms with van der Waals surface area (Å²) in [5, 5.41) is 3.56. The Bertz CT molecular complexity index is 507. The fraction of sp³-hybridized carbons (Fsp3) is 0.400. The summed E-state index contributed by atoms with van der Waals surface area (Å²) >= 11 is 0. The van der Waals surface area contributed by atoms with Gasteiger partial charge in [0.15, 0.2) is 0 Å². The van der Waals surface area contributed by atoms with E-state index in [1.807, 2.05) is 29.2 Å². The van der Waals surface area contributed by atoms with E-state index in [4.69, 9.17) is 0 Å². The number of carbonyl (C=O) groups is 1. The molecule has 18 heavy (non-hydrogen) atoms. The largest absolute Gasteiger partial charge is 0.362 e. The van der Waals surface area contributed by atoms with Gasteiger partial charge in [0.1, 0.15) is 5.66 Å². The molecule has 3 heteroatoms. The molecule has 1 saturated carbocycles. The third kappa shape index (κ3) is 1.54. The molecule has 1 amide bonds. The standard InChI is InChI=1S/C15H18N2O/c1-3-10-17-14(18)12-6-4-5-7-13(12)16-15(17,2)11-8-9-11/h3-7,11,16H,1,8-10H2,2H3. The number of hydrogen-bond donors (Lipinski definition) is 1. The molecule has 94 valence electrons. The lowest BCUT2D eigenvalue weighted by Gasteiger charge is -2.46. The Morgan fingerprint density at radius 1 is 1.50 bits per heavy atom. The monoisotopic (exact) mass is 242 g/mol. The zero-order valence-electron chi connectivity index (χ0n) is 10.6. The summed E-state index contributed by atoms with van der Waals surface area (Å²) in [4.78, 5) is 14.5. The number of amides is 1. The van der Waals surface area contributed by atoms with Gasteiger partial charge in [0.05, 0.1) is 5.56 Å². The molecular weight excluding hydrogens is 224 g/mol. The second kappa shape index (κ2) is 3.87. The summed E-state index contributed by atoms with van der Waals surface area (Å²) in [5.41, 5.74) is 1.45. The van der Waals surface area contributed by atoms with Crippen LogP contribution >= 0.6 is 0 Å². The number of rotatable bonds is 3. The Hall–Kier alpha value is -1.77. The van der Waals surface area contributed by atoms with Crippen molar-refractivity contribution in [3.8, 4) is 0 Å². The number of benzene rings is 1. The van der Waals surface area contributed by atoms with Crippen LogP contribution in [0.1, 0.15) is 30.1 Å². The number of fused-ring (bicyclic) bond motifs is 1. The third-order valence-corrected chi connectivity index (χ3v) is 4.04. The molecule has 1 aliphatic heterocycles. The van der Waals surface area contributed by atoms with Gasteiger partial charge in [-0.25, -0.2) is 0 Å². The Morgan fingerprint density at radius 2 is 2.22 bits per heavy atom. The SMILES string of the molecule is C=CCN1C(=O)c2ccccc2NC1(C)C1CC1. The number of nitrogens with zero attached hydrogens (tertiary/aromatic N) is 1. The van der Waals surface area contributed by atoms with Crippen LogP contribution in [-0.4, -0.2) is 23.0 Å². The summed E-state index contributed by atoms with van der Waals surface area (Å²) in [6, 6.07) is 7.74. The van der Waals surface area contributed by atoms with Crippen molar-refractivity contribution < 1.29 is 4.79 Å². The molecule has 0 radical (unpaired) electrons. The Balaban J connectivity index is 2.06. The highest BCUT2D eigenvalue weighted by molar-refractivity contribution is 6.02. The van der Waals surface area contributed by atoms with Gasteiger partial charge in [-0.2, -0.15) is 0 Å². The predicted octanol–water partition coefficient (Wildman–Crippen LogP) is 2.87. The molecule has 1 aromatic rings. The smallest absolute Gasteiger partial charge is 0.258 e. The Labute approximate surface area is 107 Å². The topological polar surface area (TPSA) is 32.3 Å². The fourth-order valence-electron chi connectivity index (χ4n) is 2.84. The minimum Gasteiger partial charge on any atom is -0.362 e. The van der Waals surface area contributed by atoms with Crippen LogP contribution < -0.4 is 5.32 Å². The molecule has 2 aliphatic rings. The first-order chi connectivity index (χ1) is 8.66. The highest BCUT2D eigenvalue weighted by Crippen LogP contribution is 2.46. The van der Waals surface area contributed by atoms with Crippen LogP contribution in [0.25, 0.3) is 0 Å². The number of anilines is 1. The van der Waals surface area contributed by atoms with Crippen LogP contribution in [0.4, 0.5) is 5.69 Å². The van der Waals surface area contributed by atoms with Gasteiger partial charge in [-0.3, -0.25) is 4.79 Å². The van der Waals surface area contributed by atoms with E-state index in [9.17, 15) is 4.79 Å². The molecule has 3 rings (SSSR count). The molecule has 3 nitrogen and oxygen atoms in total. The van der Waals surface area contributed by atoms with Crippen molar-refractivity contribution in [2.45, 2.75) is 25.4 Å². The predicted molar refractivity (Wildman–Crippen MR) is 72.4 cm³/mol. The molecule has 1 heterocycles. The van der Waals surface area contributed by atoms with Gasteiger partial charge in [0.25, 0.3) is 5.91 Å². The summed E-state index contributed by atoms with van der Waals surface area (Å²) in [6.45, 7) is 6.49. The molecular formula is C15H18N2O. The highest BCUT2D eigenvalue weighted by Gasteiger charge is 2.50. The van der Waals surface area contributed by atoms with E-state index in [0.29, 0.717) is 12.5 Å². The highest BCUT2D eigenvalue weighted by atomic mass is 16.2. The molecule has 0 bridgehead atoms. The van der Waals surface area contributed by atoms with Crippen LogP contribution in [0.3, 0.4) is 0 Å². The molecule has 1 atom stereocenters. The van der Waals surface area contributed by atoms with Crippen molar-refractivity contribution in [1.29, 1.82) is 0 Å². The van der Waals surface area contributed by atoms with Gasteiger partial charge in [0, 0.05) is 18.2 Å². The first-order valence-electron chi connectivity index (χ1n) is 6.47. The lowest BCUT2D eigenvalue weighted by atomic mass is 9.96. The molecule has 0 saturated heterocycles. The summed E-state index contributed by atoms with van der Waals surface area (Å²) in [6.07, 6.45) is 4.17. The number of hydrogen-bond acceptors (Lipinski definition) is 2. The Morgan fingerprint density at radius 3 is 2.89 bits per heavy atom. The average Bonchev–Trinajstić information content (AvgIpc) is 3.19. The van der Waals surface area contributed by atoms with E-state index in [2.05, 4.69) is 18.8 Å².